The van der Waals surface area contributed by atoms with Gasteiger partial charge >= 0.3 is 6.18 Å². The summed E-state index contributed by atoms with van der Waals surface area (Å²) in [6.45, 7) is 0. The quantitative estimate of drug-likeness (QED) is 0.489. The molecule has 1 N–H and O–H groups in total. The molecule has 0 aliphatic heterocycles. The number of thiophene rings is 1. The lowest BCUT2D eigenvalue weighted by atomic mass is 10.2. The van der Waals surface area contributed by atoms with Gasteiger partial charge in [0.05, 0.1) is 16.0 Å². The highest BCUT2D eigenvalue weighted by molar-refractivity contribution is 7.20. The topological polar surface area (TPSA) is 42.0 Å². The number of hydrogen-bond donors (Lipinski definition) is 1. The van der Waals surface area contributed by atoms with Crippen LogP contribution in [0.4, 0.5) is 18.9 Å². The van der Waals surface area contributed by atoms with Crippen LogP contribution in [0.1, 0.15) is 15.2 Å². The smallest absolute Gasteiger partial charge is 0.321 e. The molecular weight excluding hydrogens is 361 g/mol. The number of carbonyl (C=O) groups excluding carboxylic acids is 1. The van der Waals surface area contributed by atoms with Crippen LogP contribution < -0.4 is 5.32 Å². The molecule has 26 heavy (non-hydrogen) atoms. The van der Waals surface area contributed by atoms with Crippen molar-refractivity contribution in [1.29, 1.82) is 0 Å². The third kappa shape index (κ3) is 3.13. The van der Waals surface area contributed by atoms with Gasteiger partial charge in [0.1, 0.15) is 4.83 Å². The van der Waals surface area contributed by atoms with E-state index in [4.69, 9.17) is 0 Å². The maximum atomic E-state index is 12.6. The molecule has 130 valence electrons. The summed E-state index contributed by atoms with van der Waals surface area (Å²) in [5.41, 5.74) is 0.392. The molecule has 0 saturated carbocycles. The van der Waals surface area contributed by atoms with E-state index < -0.39 is 11.7 Å². The minimum atomic E-state index is -4.40. The zero-order chi connectivity index (χ0) is 18.3. The monoisotopic (exact) mass is 372 g/mol. The number of alkyl halides is 3. The van der Waals surface area contributed by atoms with E-state index >= 15 is 0 Å². The number of hydrogen-bond acceptors (Lipinski definition) is 3. The Kier molecular flexibility index (Phi) is 3.88. The fourth-order valence-corrected chi connectivity index (χ4v) is 3.54. The molecule has 0 saturated heterocycles. The standard InChI is InChI=1S/C19H11F3N2OS/c20-19(21,22)13-5-7-14(8-6-13)23-17(25)16-10-12-9-11-3-1-2-4-15(11)24-18(12)26-16/h1-10H,(H,23,25). The van der Waals surface area contributed by atoms with Gasteiger partial charge in [-0.1, -0.05) is 18.2 Å². The predicted molar refractivity (Wildman–Crippen MR) is 96.5 cm³/mol. The molecule has 0 spiro atoms. The molecule has 0 fully saturated rings. The number of nitrogens with one attached hydrogen (secondary N) is 1. The van der Waals surface area contributed by atoms with Crippen molar-refractivity contribution >= 4 is 44.1 Å². The molecule has 0 bridgehead atoms. The predicted octanol–water partition coefficient (Wildman–Crippen LogP) is 5.72. The summed E-state index contributed by atoms with van der Waals surface area (Å²) in [6.07, 6.45) is -4.40. The van der Waals surface area contributed by atoms with Crippen LogP contribution in [-0.2, 0) is 6.18 Å². The van der Waals surface area contributed by atoms with Gasteiger partial charge in [0.2, 0.25) is 0 Å². The third-order valence-electron chi connectivity index (χ3n) is 3.90. The van der Waals surface area contributed by atoms with Crippen molar-refractivity contribution in [1.82, 2.24) is 4.98 Å². The van der Waals surface area contributed by atoms with Gasteiger partial charge in [-0.3, -0.25) is 4.79 Å². The summed E-state index contributed by atoms with van der Waals surface area (Å²) in [5, 5.41) is 4.45. The molecule has 0 unspecified atom stereocenters. The van der Waals surface area contributed by atoms with Crippen molar-refractivity contribution in [2.75, 3.05) is 5.32 Å². The Balaban J connectivity index is 1.60. The molecule has 3 nitrogen and oxygen atoms in total. The van der Waals surface area contributed by atoms with E-state index in [0.29, 0.717) is 10.6 Å². The van der Waals surface area contributed by atoms with E-state index in [9.17, 15) is 18.0 Å². The molecule has 0 aliphatic rings. The van der Waals surface area contributed by atoms with Crippen molar-refractivity contribution in [2.45, 2.75) is 6.18 Å². The second-order valence-corrected chi connectivity index (χ2v) is 6.75. The first-order chi connectivity index (χ1) is 12.4. The molecule has 0 aliphatic carbocycles. The number of anilines is 1. The van der Waals surface area contributed by atoms with E-state index in [1.54, 1.807) is 6.07 Å². The van der Waals surface area contributed by atoms with Gasteiger partial charge in [0.25, 0.3) is 5.91 Å². The minimum Gasteiger partial charge on any atom is -0.321 e. The Morgan fingerprint density at radius 3 is 2.42 bits per heavy atom. The molecule has 4 aromatic rings. The zero-order valence-electron chi connectivity index (χ0n) is 13.2. The number of rotatable bonds is 2. The number of carbonyl (C=O) groups is 1. The molecule has 2 heterocycles. The number of amides is 1. The molecule has 2 aromatic carbocycles. The van der Waals surface area contributed by atoms with Crippen molar-refractivity contribution in [3.8, 4) is 0 Å². The fraction of sp³-hybridized carbons (Fsp3) is 0.0526. The summed E-state index contributed by atoms with van der Waals surface area (Å²) in [5.74, 6) is -0.378. The second-order valence-electron chi connectivity index (χ2n) is 5.72. The summed E-state index contributed by atoms with van der Waals surface area (Å²) < 4.78 is 37.8. The Bertz CT molecular complexity index is 1060. The maximum absolute atomic E-state index is 12.6. The molecular formula is C19H11F3N2OS. The lowest BCUT2D eigenvalue weighted by molar-refractivity contribution is -0.137. The van der Waals surface area contributed by atoms with Crippen molar-refractivity contribution in [3.63, 3.8) is 0 Å². The number of halogens is 3. The normalized spacial score (nSPS) is 11.8. The second kappa shape index (κ2) is 6.10. The Morgan fingerprint density at radius 2 is 1.69 bits per heavy atom. The van der Waals surface area contributed by atoms with Gasteiger partial charge in [0.15, 0.2) is 0 Å². The maximum Gasteiger partial charge on any atom is 0.416 e. The first-order valence-electron chi connectivity index (χ1n) is 7.68. The zero-order valence-corrected chi connectivity index (χ0v) is 14.0. The van der Waals surface area contributed by atoms with E-state index in [2.05, 4.69) is 10.3 Å². The first kappa shape index (κ1) is 16.5. The van der Waals surface area contributed by atoms with E-state index in [1.807, 2.05) is 30.3 Å². The van der Waals surface area contributed by atoms with Crippen molar-refractivity contribution < 1.29 is 18.0 Å². The average Bonchev–Trinajstić information content (AvgIpc) is 3.02. The SMILES string of the molecule is O=C(Nc1ccc(C(F)(F)F)cc1)c1cc2cc3ccccc3nc2s1. The molecule has 4 rings (SSSR count). The summed E-state index contributed by atoms with van der Waals surface area (Å²) in [4.78, 5) is 18.1. The lowest BCUT2D eigenvalue weighted by Gasteiger charge is -2.08. The van der Waals surface area contributed by atoms with Crippen LogP contribution >= 0.6 is 11.3 Å². The average molecular weight is 372 g/mol. The minimum absolute atomic E-state index is 0.304. The molecule has 0 radical (unpaired) electrons. The molecule has 0 atom stereocenters. The highest BCUT2D eigenvalue weighted by Crippen LogP contribution is 2.31. The number of fused-ring (bicyclic) bond motifs is 2. The number of nitrogens with zero attached hydrogens (tertiary/aromatic N) is 1. The summed E-state index contributed by atoms with van der Waals surface area (Å²) in [7, 11) is 0. The van der Waals surface area contributed by atoms with Crippen LogP contribution in [-0.4, -0.2) is 10.9 Å². The highest BCUT2D eigenvalue weighted by atomic mass is 32.1. The number of para-hydroxylation sites is 1. The lowest BCUT2D eigenvalue weighted by Crippen LogP contribution is -2.10. The van der Waals surface area contributed by atoms with Crippen LogP contribution in [0.25, 0.3) is 21.1 Å². The van der Waals surface area contributed by atoms with Gasteiger partial charge in [-0.2, -0.15) is 13.2 Å². The highest BCUT2D eigenvalue weighted by Gasteiger charge is 2.30. The molecule has 2 aromatic heterocycles. The Labute approximate surface area is 150 Å². The number of pyridine rings is 1. The Hall–Kier alpha value is -2.93. The van der Waals surface area contributed by atoms with E-state index in [1.165, 1.54) is 23.5 Å². The summed E-state index contributed by atoms with van der Waals surface area (Å²) in [6, 6.07) is 15.7. The van der Waals surface area contributed by atoms with Gasteiger partial charge in [-0.25, -0.2) is 4.98 Å². The van der Waals surface area contributed by atoms with Crippen LogP contribution in [0.3, 0.4) is 0 Å². The Morgan fingerprint density at radius 1 is 0.962 bits per heavy atom. The fourth-order valence-electron chi connectivity index (χ4n) is 2.62. The van der Waals surface area contributed by atoms with Crippen LogP contribution in [0.15, 0.2) is 60.7 Å². The van der Waals surface area contributed by atoms with E-state index in [0.717, 1.165) is 33.3 Å². The first-order valence-corrected chi connectivity index (χ1v) is 8.50. The van der Waals surface area contributed by atoms with Crippen LogP contribution in [0.2, 0.25) is 0 Å². The van der Waals surface area contributed by atoms with Crippen LogP contribution in [0, 0.1) is 0 Å². The van der Waals surface area contributed by atoms with Gasteiger partial charge in [-0.05, 0) is 42.5 Å². The largest absolute Gasteiger partial charge is 0.416 e. The number of benzene rings is 2. The van der Waals surface area contributed by atoms with Crippen molar-refractivity contribution in [3.05, 3.63) is 71.1 Å². The van der Waals surface area contributed by atoms with Crippen LogP contribution in [0.5, 0.6) is 0 Å². The van der Waals surface area contributed by atoms with Crippen molar-refractivity contribution in [2.24, 2.45) is 0 Å². The van der Waals surface area contributed by atoms with Gasteiger partial charge in [0, 0.05) is 16.5 Å². The summed E-state index contributed by atoms with van der Waals surface area (Å²) >= 11 is 1.24. The molecule has 1 amide bonds. The number of aromatic nitrogens is 1. The molecule has 7 heteroatoms. The van der Waals surface area contributed by atoms with Gasteiger partial charge in [-0.15, -0.1) is 11.3 Å². The third-order valence-corrected chi connectivity index (χ3v) is 4.95. The van der Waals surface area contributed by atoms with E-state index in [-0.39, 0.29) is 5.91 Å². The van der Waals surface area contributed by atoms with Gasteiger partial charge < -0.3 is 5.32 Å².